The zero-order valence-corrected chi connectivity index (χ0v) is 15.3. The Hall–Kier alpha value is -2.83. The molecule has 142 valence electrons. The first-order valence-electron chi connectivity index (χ1n) is 9.17. The van der Waals surface area contributed by atoms with Crippen molar-refractivity contribution < 1.29 is 14.0 Å². The third kappa shape index (κ3) is 5.32. The first-order valence-corrected chi connectivity index (χ1v) is 9.17. The molecule has 1 aliphatic carbocycles. The lowest BCUT2D eigenvalue weighted by atomic mass is 10.1. The van der Waals surface area contributed by atoms with Gasteiger partial charge in [0.25, 0.3) is 5.91 Å². The van der Waals surface area contributed by atoms with Gasteiger partial charge in [0.1, 0.15) is 17.7 Å². The quantitative estimate of drug-likeness (QED) is 0.589. The van der Waals surface area contributed by atoms with Gasteiger partial charge in [-0.3, -0.25) is 9.78 Å². The van der Waals surface area contributed by atoms with Crippen LogP contribution in [-0.2, 0) is 11.3 Å². The van der Waals surface area contributed by atoms with Crippen LogP contribution in [0.15, 0.2) is 35.9 Å². The van der Waals surface area contributed by atoms with Gasteiger partial charge in [0.15, 0.2) is 0 Å². The molecule has 2 heterocycles. The van der Waals surface area contributed by atoms with E-state index in [1.165, 1.54) is 19.0 Å². The van der Waals surface area contributed by atoms with Crippen LogP contribution in [0.3, 0.4) is 0 Å². The van der Waals surface area contributed by atoms with Gasteiger partial charge >= 0.3 is 0 Å². The van der Waals surface area contributed by atoms with Crippen LogP contribution in [0.5, 0.6) is 0 Å². The maximum atomic E-state index is 13.5. The number of hydrogen-bond donors (Lipinski definition) is 1. The molecule has 0 spiro atoms. The van der Waals surface area contributed by atoms with Gasteiger partial charge in [0.05, 0.1) is 11.8 Å². The number of amides is 1. The molecular weight excluding hydrogens is 347 g/mol. The summed E-state index contributed by atoms with van der Waals surface area (Å²) in [6, 6.07) is 3.62. The summed E-state index contributed by atoms with van der Waals surface area (Å²) in [5, 5.41) is 6.69. The van der Waals surface area contributed by atoms with E-state index in [4.69, 9.17) is 4.84 Å². The third-order valence-corrected chi connectivity index (χ3v) is 4.61. The predicted octanol–water partition coefficient (Wildman–Crippen LogP) is 4.05. The van der Waals surface area contributed by atoms with Crippen LogP contribution in [0.2, 0.25) is 0 Å². The fourth-order valence-electron chi connectivity index (χ4n) is 2.97. The minimum atomic E-state index is -0.510. The van der Waals surface area contributed by atoms with Gasteiger partial charge < -0.3 is 10.2 Å². The molecule has 2 aromatic rings. The van der Waals surface area contributed by atoms with Crippen LogP contribution < -0.4 is 5.32 Å². The maximum absolute atomic E-state index is 13.5. The normalized spacial score (nSPS) is 14.6. The molecule has 1 N–H and O–H groups in total. The summed E-state index contributed by atoms with van der Waals surface area (Å²) in [6.07, 6.45) is 12.4. The van der Waals surface area contributed by atoms with Crippen LogP contribution in [0.25, 0.3) is 0 Å². The lowest BCUT2D eigenvalue weighted by Gasteiger charge is -2.08. The monoisotopic (exact) mass is 370 g/mol. The number of carbonyl (C=O) groups is 1. The molecule has 0 radical (unpaired) electrons. The molecule has 7 heteroatoms. The Bertz CT molecular complexity index is 802. The van der Waals surface area contributed by atoms with E-state index in [0.717, 1.165) is 37.4 Å². The van der Waals surface area contributed by atoms with Gasteiger partial charge in [-0.2, -0.15) is 0 Å². The van der Waals surface area contributed by atoms with Gasteiger partial charge in [-0.1, -0.05) is 11.2 Å². The Labute approximate surface area is 157 Å². The van der Waals surface area contributed by atoms with Crippen LogP contribution in [0, 0.1) is 12.7 Å². The van der Waals surface area contributed by atoms with Crippen LogP contribution >= 0.6 is 0 Å². The van der Waals surface area contributed by atoms with Crippen LogP contribution in [0.1, 0.15) is 53.6 Å². The van der Waals surface area contributed by atoms with Gasteiger partial charge in [0.2, 0.25) is 0 Å². The number of aromatic nitrogens is 2. The zero-order valence-electron chi connectivity index (χ0n) is 15.3. The highest BCUT2D eigenvalue weighted by Gasteiger charge is 2.15. The average molecular weight is 370 g/mol. The molecule has 27 heavy (non-hydrogen) atoms. The van der Waals surface area contributed by atoms with Crippen molar-refractivity contribution in [3.05, 3.63) is 53.2 Å². The molecule has 0 atom stereocenters. The van der Waals surface area contributed by atoms with E-state index in [1.54, 1.807) is 25.4 Å². The van der Waals surface area contributed by atoms with E-state index in [9.17, 15) is 9.18 Å². The second kappa shape index (κ2) is 9.21. The van der Waals surface area contributed by atoms with Crippen molar-refractivity contribution in [1.29, 1.82) is 0 Å². The predicted molar refractivity (Wildman–Crippen MR) is 101 cm³/mol. The summed E-state index contributed by atoms with van der Waals surface area (Å²) in [5.74, 6) is -0.536. The fourth-order valence-corrected chi connectivity index (χ4v) is 2.97. The van der Waals surface area contributed by atoms with Crippen molar-refractivity contribution in [2.45, 2.75) is 51.6 Å². The number of carbonyl (C=O) groups excluding carboxylic acids is 1. The zero-order chi connectivity index (χ0) is 19.1. The molecule has 0 bridgehead atoms. The molecular formula is C20H23FN4O2. The van der Waals surface area contributed by atoms with E-state index < -0.39 is 11.7 Å². The number of pyridine rings is 2. The first kappa shape index (κ1) is 18.9. The lowest BCUT2D eigenvalue weighted by molar-refractivity contribution is 0.0652. The number of hydrogen-bond acceptors (Lipinski definition) is 5. The largest absolute Gasteiger partial charge is 0.393 e. The van der Waals surface area contributed by atoms with Crippen molar-refractivity contribution in [1.82, 2.24) is 9.97 Å². The molecule has 0 aliphatic heterocycles. The number of rotatable bonds is 7. The highest BCUT2D eigenvalue weighted by molar-refractivity contribution is 6.04. The van der Waals surface area contributed by atoms with Crippen molar-refractivity contribution >= 4 is 17.9 Å². The third-order valence-electron chi connectivity index (χ3n) is 4.61. The molecule has 0 unspecified atom stereocenters. The Morgan fingerprint density at radius 2 is 2.15 bits per heavy atom. The smallest absolute Gasteiger partial charge is 0.258 e. The van der Waals surface area contributed by atoms with E-state index in [-0.39, 0.29) is 17.2 Å². The van der Waals surface area contributed by atoms with E-state index >= 15 is 0 Å². The minimum absolute atomic E-state index is 0.194. The standard InChI is InChI=1S/C20H23FN4O2/c1-14-17(12-22-13-18(14)21)20(26)25-19-9-8-15(11-23-19)5-4-10-24-27-16-6-2-3-7-16/h8-13,16H,2-7H2,1H3,(H,23,25,26)/b24-10+. The van der Waals surface area contributed by atoms with Crippen molar-refractivity contribution in [2.24, 2.45) is 5.16 Å². The summed E-state index contributed by atoms with van der Waals surface area (Å²) in [7, 11) is 0. The second-order valence-electron chi connectivity index (χ2n) is 6.64. The van der Waals surface area contributed by atoms with Crippen molar-refractivity contribution in [2.75, 3.05) is 5.32 Å². The summed E-state index contributed by atoms with van der Waals surface area (Å²) in [6.45, 7) is 1.54. The van der Waals surface area contributed by atoms with E-state index in [0.29, 0.717) is 5.82 Å². The average Bonchev–Trinajstić information content (AvgIpc) is 3.18. The molecule has 1 aliphatic rings. The summed E-state index contributed by atoms with van der Waals surface area (Å²) >= 11 is 0. The van der Waals surface area contributed by atoms with E-state index in [2.05, 4.69) is 20.4 Å². The van der Waals surface area contributed by atoms with Gasteiger partial charge in [-0.15, -0.1) is 0 Å². The number of halogens is 1. The number of aryl methyl sites for hydroxylation is 1. The second-order valence-corrected chi connectivity index (χ2v) is 6.64. The SMILES string of the molecule is Cc1c(F)cncc1C(=O)Nc1ccc(CC/C=N/OC2CCCC2)cn1. The molecule has 0 saturated heterocycles. The van der Waals surface area contributed by atoms with Crippen LogP contribution in [0.4, 0.5) is 10.2 Å². The fraction of sp³-hybridized carbons (Fsp3) is 0.400. The molecule has 6 nitrogen and oxygen atoms in total. The summed E-state index contributed by atoms with van der Waals surface area (Å²) in [5.41, 5.74) is 1.49. The summed E-state index contributed by atoms with van der Waals surface area (Å²) in [4.78, 5) is 25.6. The Morgan fingerprint density at radius 3 is 2.89 bits per heavy atom. The van der Waals surface area contributed by atoms with Gasteiger partial charge in [-0.25, -0.2) is 9.37 Å². The molecule has 0 aromatic carbocycles. The topological polar surface area (TPSA) is 76.5 Å². The Kier molecular flexibility index (Phi) is 6.46. The highest BCUT2D eigenvalue weighted by atomic mass is 19.1. The molecule has 1 amide bonds. The molecule has 1 fully saturated rings. The van der Waals surface area contributed by atoms with Gasteiger partial charge in [-0.05, 0) is 57.1 Å². The number of anilines is 1. The number of nitrogens with zero attached hydrogens (tertiary/aromatic N) is 3. The first-order chi connectivity index (χ1) is 13.1. The van der Waals surface area contributed by atoms with Gasteiger partial charge in [0, 0.05) is 24.2 Å². The number of oxime groups is 1. The Balaban J connectivity index is 1.47. The Morgan fingerprint density at radius 1 is 1.33 bits per heavy atom. The summed E-state index contributed by atoms with van der Waals surface area (Å²) < 4.78 is 13.5. The maximum Gasteiger partial charge on any atom is 0.258 e. The minimum Gasteiger partial charge on any atom is -0.393 e. The highest BCUT2D eigenvalue weighted by Crippen LogP contribution is 2.20. The van der Waals surface area contributed by atoms with Crippen LogP contribution in [-0.4, -0.2) is 28.2 Å². The molecule has 2 aromatic heterocycles. The van der Waals surface area contributed by atoms with Crippen molar-refractivity contribution in [3.8, 4) is 0 Å². The number of nitrogens with one attached hydrogen (secondary N) is 1. The van der Waals surface area contributed by atoms with Crippen molar-refractivity contribution in [3.63, 3.8) is 0 Å². The molecule has 1 saturated carbocycles. The van der Waals surface area contributed by atoms with E-state index in [1.807, 2.05) is 6.07 Å². The molecule has 3 rings (SSSR count). The lowest BCUT2D eigenvalue weighted by Crippen LogP contribution is -2.15.